The normalized spacial score (nSPS) is 12.4. The summed E-state index contributed by atoms with van der Waals surface area (Å²) in [5, 5.41) is 4.32. The Balaban J connectivity index is 2.34. The molecule has 1 heterocycles. The molecule has 0 radical (unpaired) electrons. The van der Waals surface area contributed by atoms with Gasteiger partial charge in [-0.2, -0.15) is 31.4 Å². The molecule has 1 aromatic heterocycles. The van der Waals surface area contributed by atoms with Crippen LogP contribution >= 0.6 is 0 Å². The number of benzene rings is 1. The van der Waals surface area contributed by atoms with E-state index in [4.69, 9.17) is 0 Å². The van der Waals surface area contributed by atoms with Crippen molar-refractivity contribution in [2.75, 3.05) is 5.32 Å². The average Bonchev–Trinajstić information content (AvgIpc) is 2.89. The van der Waals surface area contributed by atoms with Gasteiger partial charge < -0.3 is 5.32 Å². The number of carbonyl (C=O) groups excluding carboxylic acids is 1. The lowest BCUT2D eigenvalue weighted by molar-refractivity contribution is -0.143. The summed E-state index contributed by atoms with van der Waals surface area (Å²) in [5.74, 6) is -12.2. The van der Waals surface area contributed by atoms with E-state index in [1.54, 1.807) is 0 Å². The molecule has 0 aliphatic heterocycles. The number of carbonyl (C=O) groups is 1. The van der Waals surface area contributed by atoms with Gasteiger partial charge in [0.1, 0.15) is 17.8 Å². The molecule has 2 rings (SSSR count). The zero-order valence-corrected chi connectivity index (χ0v) is 13.4. The lowest BCUT2D eigenvalue weighted by Crippen LogP contribution is -2.24. The van der Waals surface area contributed by atoms with Gasteiger partial charge in [0, 0.05) is 5.69 Å². The van der Waals surface area contributed by atoms with E-state index in [0.717, 1.165) is 6.92 Å². The summed E-state index contributed by atoms with van der Waals surface area (Å²) >= 11 is 0. The molecule has 0 fully saturated rings. The third-order valence-electron chi connectivity index (χ3n) is 3.38. The molecule has 0 unspecified atom stereocenters. The first-order valence-electron chi connectivity index (χ1n) is 6.99. The molecule has 0 bridgehead atoms. The summed E-state index contributed by atoms with van der Waals surface area (Å²) < 4.78 is 130. The number of aryl methyl sites for hydroxylation is 1. The van der Waals surface area contributed by atoms with E-state index < -0.39 is 65.0 Å². The molecule has 154 valence electrons. The Morgan fingerprint density at radius 1 is 0.964 bits per heavy atom. The first-order valence-corrected chi connectivity index (χ1v) is 6.99. The van der Waals surface area contributed by atoms with E-state index in [0.29, 0.717) is 10.7 Å². The lowest BCUT2D eigenvalue weighted by Gasteiger charge is -2.14. The minimum atomic E-state index is -5.77. The third kappa shape index (κ3) is 4.04. The zero-order chi connectivity index (χ0) is 21.6. The number of alkyl halides is 6. The van der Waals surface area contributed by atoms with E-state index in [2.05, 4.69) is 5.10 Å². The number of rotatable bonds is 3. The fourth-order valence-corrected chi connectivity index (χ4v) is 2.11. The van der Waals surface area contributed by atoms with Gasteiger partial charge in [-0.25, -0.2) is 17.6 Å². The van der Waals surface area contributed by atoms with Crippen LogP contribution in [-0.4, -0.2) is 15.7 Å². The number of hydrogen-bond donors (Lipinski definition) is 1. The molecule has 1 amide bonds. The van der Waals surface area contributed by atoms with Gasteiger partial charge in [-0.3, -0.25) is 9.48 Å². The molecule has 4 nitrogen and oxygen atoms in total. The van der Waals surface area contributed by atoms with Crippen LogP contribution in [0.15, 0.2) is 6.07 Å². The van der Waals surface area contributed by atoms with E-state index >= 15 is 0 Å². The van der Waals surface area contributed by atoms with Crippen molar-refractivity contribution in [3.05, 3.63) is 46.3 Å². The molecule has 2 aromatic rings. The van der Waals surface area contributed by atoms with E-state index in [9.17, 15) is 48.7 Å². The highest BCUT2D eigenvalue weighted by molar-refractivity contribution is 5.91. The van der Waals surface area contributed by atoms with Crippen molar-refractivity contribution in [2.45, 2.75) is 25.8 Å². The number of anilines is 1. The molecular weight excluding hydrogens is 416 g/mol. The summed E-state index contributed by atoms with van der Waals surface area (Å²) in [6.07, 6.45) is -10.6. The summed E-state index contributed by atoms with van der Waals surface area (Å²) in [4.78, 5) is 11.7. The molecule has 1 aromatic carbocycles. The van der Waals surface area contributed by atoms with Crippen molar-refractivity contribution in [1.82, 2.24) is 9.78 Å². The second-order valence-corrected chi connectivity index (χ2v) is 5.38. The van der Waals surface area contributed by atoms with Gasteiger partial charge in [-0.15, -0.1) is 0 Å². The van der Waals surface area contributed by atoms with Crippen molar-refractivity contribution >= 4 is 11.6 Å². The minimum absolute atomic E-state index is 0.201. The van der Waals surface area contributed by atoms with Crippen molar-refractivity contribution in [3.8, 4) is 0 Å². The predicted molar refractivity (Wildman–Crippen MR) is 71.9 cm³/mol. The highest BCUT2D eigenvalue weighted by Gasteiger charge is 2.42. The Morgan fingerprint density at radius 2 is 1.46 bits per heavy atom. The molecule has 0 aliphatic rings. The maximum Gasteiger partial charge on any atom is 0.435 e. The Labute approximate surface area is 148 Å². The Hall–Kier alpha value is -2.80. The van der Waals surface area contributed by atoms with Gasteiger partial charge in [0.2, 0.25) is 5.91 Å². The Kier molecular flexibility index (Phi) is 5.36. The molecule has 28 heavy (non-hydrogen) atoms. The molecular formula is C14H7F10N3O. The topological polar surface area (TPSA) is 46.9 Å². The lowest BCUT2D eigenvalue weighted by atomic mass is 10.1. The number of nitrogens with one attached hydrogen (secondary N) is 1. The van der Waals surface area contributed by atoms with Crippen molar-refractivity contribution in [3.63, 3.8) is 0 Å². The summed E-state index contributed by atoms with van der Waals surface area (Å²) in [6.45, 7) is 0.0270. The fraction of sp³-hybridized carbons (Fsp3) is 0.286. The van der Waals surface area contributed by atoms with Crippen LogP contribution < -0.4 is 5.32 Å². The number of hydrogen-bond acceptors (Lipinski definition) is 2. The number of aromatic nitrogens is 2. The maximum atomic E-state index is 13.7. The fourth-order valence-electron chi connectivity index (χ4n) is 2.11. The van der Waals surface area contributed by atoms with Crippen molar-refractivity contribution in [1.29, 1.82) is 0 Å². The third-order valence-corrected chi connectivity index (χ3v) is 3.38. The van der Waals surface area contributed by atoms with Crippen LogP contribution in [-0.2, 0) is 23.7 Å². The smallest absolute Gasteiger partial charge is 0.319 e. The molecule has 0 saturated heterocycles. The minimum Gasteiger partial charge on any atom is -0.319 e. The Bertz CT molecular complexity index is 900. The number of amides is 1. The second-order valence-electron chi connectivity index (χ2n) is 5.38. The second kappa shape index (κ2) is 6.98. The van der Waals surface area contributed by atoms with Crippen LogP contribution in [0.5, 0.6) is 0 Å². The molecule has 0 spiro atoms. The van der Waals surface area contributed by atoms with E-state index in [1.807, 2.05) is 0 Å². The maximum absolute atomic E-state index is 13.7. The molecule has 14 heteroatoms. The highest BCUT2D eigenvalue weighted by Crippen LogP contribution is 2.38. The van der Waals surface area contributed by atoms with Crippen LogP contribution in [0.25, 0.3) is 0 Å². The quantitative estimate of drug-likeness (QED) is 0.587. The van der Waals surface area contributed by atoms with Crippen molar-refractivity contribution < 1.29 is 48.7 Å². The SMILES string of the molecule is Cc1cc(C(F)(F)F)nn1CC(=O)Nc1c(F)c(F)c(C(F)(F)F)c(F)c1F. The first kappa shape index (κ1) is 21.5. The summed E-state index contributed by atoms with van der Waals surface area (Å²) in [7, 11) is 0. The van der Waals surface area contributed by atoms with Gasteiger partial charge in [0.25, 0.3) is 0 Å². The molecule has 1 N–H and O–H groups in total. The van der Waals surface area contributed by atoms with Gasteiger partial charge in [0.05, 0.1) is 0 Å². The van der Waals surface area contributed by atoms with E-state index in [-0.39, 0.29) is 5.69 Å². The standard InChI is InChI=1S/C14H7F10N3O/c1-4-2-5(13(19,20)21)26-27(4)3-6(28)25-12-10(17)8(15)7(14(22,23)24)9(16)11(12)18/h2H,3H2,1H3,(H,25,28). The van der Waals surface area contributed by atoms with Crippen LogP contribution in [0.2, 0.25) is 0 Å². The van der Waals surface area contributed by atoms with Gasteiger partial charge in [-0.05, 0) is 13.0 Å². The largest absolute Gasteiger partial charge is 0.435 e. The van der Waals surface area contributed by atoms with Crippen LogP contribution in [0.4, 0.5) is 49.6 Å². The van der Waals surface area contributed by atoms with Gasteiger partial charge >= 0.3 is 12.4 Å². The van der Waals surface area contributed by atoms with Crippen LogP contribution in [0, 0.1) is 30.2 Å². The van der Waals surface area contributed by atoms with Gasteiger partial charge in [0.15, 0.2) is 29.0 Å². The number of nitrogens with zero attached hydrogens (tertiary/aromatic N) is 2. The Morgan fingerprint density at radius 3 is 1.86 bits per heavy atom. The summed E-state index contributed by atoms with van der Waals surface area (Å²) in [6, 6.07) is 0.548. The van der Waals surface area contributed by atoms with Gasteiger partial charge in [-0.1, -0.05) is 0 Å². The average molecular weight is 423 g/mol. The summed E-state index contributed by atoms with van der Waals surface area (Å²) in [5.41, 5.74) is -6.29. The predicted octanol–water partition coefficient (Wildman–Crippen LogP) is 4.42. The molecule has 0 saturated carbocycles. The van der Waals surface area contributed by atoms with E-state index in [1.165, 1.54) is 5.32 Å². The highest BCUT2D eigenvalue weighted by atomic mass is 19.4. The molecule has 0 aliphatic carbocycles. The monoisotopic (exact) mass is 423 g/mol. The van der Waals surface area contributed by atoms with Crippen LogP contribution in [0.3, 0.4) is 0 Å². The first-order chi connectivity index (χ1) is 12.6. The molecule has 0 atom stereocenters. The van der Waals surface area contributed by atoms with Crippen LogP contribution in [0.1, 0.15) is 17.0 Å². The number of halogens is 10. The zero-order valence-electron chi connectivity index (χ0n) is 13.4. The van der Waals surface area contributed by atoms with Crippen molar-refractivity contribution in [2.24, 2.45) is 0 Å².